The van der Waals surface area contributed by atoms with E-state index >= 15 is 0 Å². The SMILES string of the molecule is C/C=C/C(=O)C#CC(OCC)OCC. The van der Waals surface area contributed by atoms with Gasteiger partial charge in [-0.1, -0.05) is 6.08 Å². The summed E-state index contributed by atoms with van der Waals surface area (Å²) in [5.74, 6) is 4.80. The second-order valence-electron chi connectivity index (χ2n) is 2.38. The largest absolute Gasteiger partial charge is 0.342 e. The van der Waals surface area contributed by atoms with Crippen molar-refractivity contribution in [3.05, 3.63) is 12.2 Å². The zero-order valence-corrected chi connectivity index (χ0v) is 8.87. The molecule has 0 aliphatic rings. The van der Waals surface area contributed by atoms with Gasteiger partial charge in [-0.3, -0.25) is 4.79 Å². The standard InChI is InChI=1S/C11H16O3/c1-4-7-10(12)8-9-11(13-5-2)14-6-3/h4,7,11H,5-6H2,1-3H3/b7-4+. The normalized spacial score (nSPS) is 10.3. The van der Waals surface area contributed by atoms with Crippen molar-refractivity contribution in [2.45, 2.75) is 27.1 Å². The van der Waals surface area contributed by atoms with Gasteiger partial charge in [0.15, 0.2) is 0 Å². The summed E-state index contributed by atoms with van der Waals surface area (Å²) in [6.07, 6.45) is 2.45. The Hall–Kier alpha value is -1.11. The molecule has 0 atom stereocenters. The Kier molecular flexibility index (Phi) is 7.81. The van der Waals surface area contributed by atoms with E-state index < -0.39 is 6.29 Å². The molecule has 0 bridgehead atoms. The molecule has 0 saturated heterocycles. The molecule has 0 aromatic carbocycles. The molecule has 3 heteroatoms. The van der Waals surface area contributed by atoms with Crippen LogP contribution in [0.3, 0.4) is 0 Å². The lowest BCUT2D eigenvalue weighted by molar-refractivity contribution is -0.110. The summed E-state index contributed by atoms with van der Waals surface area (Å²) < 4.78 is 10.3. The predicted octanol–water partition coefficient (Wildman–Crippen LogP) is 1.53. The number of hydrogen-bond donors (Lipinski definition) is 0. The predicted molar refractivity (Wildman–Crippen MR) is 54.6 cm³/mol. The summed E-state index contributed by atoms with van der Waals surface area (Å²) in [7, 11) is 0. The van der Waals surface area contributed by atoms with Crippen LogP contribution >= 0.6 is 0 Å². The maximum atomic E-state index is 11.0. The van der Waals surface area contributed by atoms with Gasteiger partial charge >= 0.3 is 0 Å². The number of hydrogen-bond acceptors (Lipinski definition) is 3. The summed E-state index contributed by atoms with van der Waals surface area (Å²) >= 11 is 0. The first-order chi connectivity index (χ1) is 6.74. The summed E-state index contributed by atoms with van der Waals surface area (Å²) in [6.45, 7) is 6.49. The minimum atomic E-state index is -0.598. The highest BCUT2D eigenvalue weighted by molar-refractivity contribution is 6.04. The van der Waals surface area contributed by atoms with Crippen LogP contribution in [0.5, 0.6) is 0 Å². The fourth-order valence-corrected chi connectivity index (χ4v) is 0.757. The van der Waals surface area contributed by atoms with E-state index in [0.717, 1.165) is 0 Å². The second kappa shape index (κ2) is 8.49. The number of carbonyl (C=O) groups is 1. The van der Waals surface area contributed by atoms with Crippen molar-refractivity contribution in [2.24, 2.45) is 0 Å². The van der Waals surface area contributed by atoms with Gasteiger partial charge in [0.05, 0.1) is 0 Å². The molecule has 0 rings (SSSR count). The highest BCUT2D eigenvalue weighted by Crippen LogP contribution is 1.92. The van der Waals surface area contributed by atoms with Crippen molar-refractivity contribution in [2.75, 3.05) is 13.2 Å². The molecule has 0 aliphatic carbocycles. The van der Waals surface area contributed by atoms with Crippen LogP contribution in [-0.4, -0.2) is 25.3 Å². The van der Waals surface area contributed by atoms with Gasteiger partial charge in [-0.25, -0.2) is 0 Å². The van der Waals surface area contributed by atoms with Gasteiger partial charge in [0, 0.05) is 13.2 Å². The lowest BCUT2D eigenvalue weighted by Crippen LogP contribution is -2.15. The van der Waals surface area contributed by atoms with Gasteiger partial charge in [-0.15, -0.1) is 0 Å². The zero-order valence-electron chi connectivity index (χ0n) is 8.87. The molecule has 78 valence electrons. The van der Waals surface area contributed by atoms with Gasteiger partial charge in [-0.05, 0) is 38.7 Å². The number of allylic oxidation sites excluding steroid dienone is 2. The fraction of sp³-hybridized carbons (Fsp3) is 0.545. The van der Waals surface area contributed by atoms with Gasteiger partial charge in [0.25, 0.3) is 0 Å². The van der Waals surface area contributed by atoms with Crippen LogP contribution in [0, 0.1) is 11.8 Å². The van der Waals surface area contributed by atoms with Crippen LogP contribution in [-0.2, 0) is 14.3 Å². The Morgan fingerprint density at radius 1 is 1.36 bits per heavy atom. The maximum Gasteiger partial charge on any atom is 0.228 e. The fourth-order valence-electron chi connectivity index (χ4n) is 0.757. The van der Waals surface area contributed by atoms with Gasteiger partial charge in [0.2, 0.25) is 12.1 Å². The number of carbonyl (C=O) groups excluding carboxylic acids is 1. The molecule has 0 spiro atoms. The second-order valence-corrected chi connectivity index (χ2v) is 2.38. The number of ether oxygens (including phenoxy) is 2. The third kappa shape index (κ3) is 6.41. The topological polar surface area (TPSA) is 35.5 Å². The first kappa shape index (κ1) is 12.9. The molecule has 0 aromatic rings. The smallest absolute Gasteiger partial charge is 0.228 e. The molecule has 0 radical (unpaired) electrons. The number of rotatable bonds is 5. The molecule has 0 aromatic heterocycles. The minimum absolute atomic E-state index is 0.239. The molecule has 0 fully saturated rings. The van der Waals surface area contributed by atoms with E-state index in [1.165, 1.54) is 6.08 Å². The van der Waals surface area contributed by atoms with Crippen LogP contribution in [0.2, 0.25) is 0 Å². The van der Waals surface area contributed by atoms with Crippen molar-refractivity contribution >= 4 is 5.78 Å². The van der Waals surface area contributed by atoms with Gasteiger partial charge in [0.1, 0.15) is 0 Å². The summed E-state index contributed by atoms with van der Waals surface area (Å²) in [5.41, 5.74) is 0. The molecule has 0 saturated carbocycles. The van der Waals surface area contributed by atoms with Crippen LogP contribution in [0.25, 0.3) is 0 Å². The lowest BCUT2D eigenvalue weighted by Gasteiger charge is -2.09. The van der Waals surface area contributed by atoms with Crippen LogP contribution < -0.4 is 0 Å². The average Bonchev–Trinajstić information content (AvgIpc) is 2.15. The Morgan fingerprint density at radius 3 is 2.36 bits per heavy atom. The van der Waals surface area contributed by atoms with Crippen LogP contribution in [0.1, 0.15) is 20.8 Å². The lowest BCUT2D eigenvalue weighted by atomic mass is 10.3. The van der Waals surface area contributed by atoms with Crippen molar-refractivity contribution in [3.8, 4) is 11.8 Å². The quantitative estimate of drug-likeness (QED) is 0.289. The summed E-state index contributed by atoms with van der Waals surface area (Å²) in [4.78, 5) is 11.0. The van der Waals surface area contributed by atoms with Crippen LogP contribution in [0.4, 0.5) is 0 Å². The van der Waals surface area contributed by atoms with E-state index in [1.807, 2.05) is 13.8 Å². The van der Waals surface area contributed by atoms with Crippen molar-refractivity contribution < 1.29 is 14.3 Å². The third-order valence-corrected chi connectivity index (χ3v) is 1.27. The molecule has 14 heavy (non-hydrogen) atoms. The summed E-state index contributed by atoms with van der Waals surface area (Å²) in [5, 5.41) is 0. The van der Waals surface area contributed by atoms with E-state index in [4.69, 9.17) is 9.47 Å². The Labute approximate surface area is 85.1 Å². The van der Waals surface area contributed by atoms with Gasteiger partial charge in [-0.2, -0.15) is 0 Å². The highest BCUT2D eigenvalue weighted by atomic mass is 16.7. The van der Waals surface area contributed by atoms with E-state index in [-0.39, 0.29) is 5.78 Å². The molecular formula is C11H16O3. The Balaban J connectivity index is 4.17. The first-order valence-corrected chi connectivity index (χ1v) is 4.66. The molecular weight excluding hydrogens is 180 g/mol. The molecule has 0 heterocycles. The third-order valence-electron chi connectivity index (χ3n) is 1.27. The van der Waals surface area contributed by atoms with E-state index in [2.05, 4.69) is 11.8 Å². The maximum absolute atomic E-state index is 11.0. The molecule has 0 N–H and O–H groups in total. The Bertz CT molecular complexity index is 239. The molecule has 0 aliphatic heterocycles. The van der Waals surface area contributed by atoms with E-state index in [9.17, 15) is 4.79 Å². The van der Waals surface area contributed by atoms with E-state index in [0.29, 0.717) is 13.2 Å². The van der Waals surface area contributed by atoms with Crippen molar-refractivity contribution in [1.82, 2.24) is 0 Å². The monoisotopic (exact) mass is 196 g/mol. The average molecular weight is 196 g/mol. The first-order valence-electron chi connectivity index (χ1n) is 4.66. The Morgan fingerprint density at radius 2 is 1.93 bits per heavy atom. The van der Waals surface area contributed by atoms with E-state index in [1.54, 1.807) is 13.0 Å². The number of ketones is 1. The summed E-state index contributed by atoms with van der Waals surface area (Å²) in [6, 6.07) is 0. The molecule has 0 unspecified atom stereocenters. The molecule has 0 amide bonds. The minimum Gasteiger partial charge on any atom is -0.342 e. The zero-order chi connectivity index (χ0) is 10.8. The van der Waals surface area contributed by atoms with Crippen molar-refractivity contribution in [3.63, 3.8) is 0 Å². The molecule has 3 nitrogen and oxygen atoms in total. The van der Waals surface area contributed by atoms with Gasteiger partial charge < -0.3 is 9.47 Å². The highest BCUT2D eigenvalue weighted by Gasteiger charge is 2.01. The van der Waals surface area contributed by atoms with Crippen LogP contribution in [0.15, 0.2) is 12.2 Å². The van der Waals surface area contributed by atoms with Crippen molar-refractivity contribution in [1.29, 1.82) is 0 Å².